The molecule has 84 valence electrons. The van der Waals surface area contributed by atoms with Crippen molar-refractivity contribution in [2.45, 2.75) is 13.3 Å². The molecule has 16 heavy (non-hydrogen) atoms. The predicted octanol–water partition coefficient (Wildman–Crippen LogP) is 2.71. The number of allylic oxidation sites excluding steroid dienone is 1. The van der Waals surface area contributed by atoms with Gasteiger partial charge in [0.25, 0.3) is 0 Å². The largest absolute Gasteiger partial charge is 0.504 e. The van der Waals surface area contributed by atoms with Gasteiger partial charge in [-0.1, -0.05) is 18.2 Å². The fourth-order valence-electron chi connectivity index (χ4n) is 1.83. The first-order chi connectivity index (χ1) is 7.77. The maximum Gasteiger partial charge on any atom is 0.176 e. The number of aliphatic hydroxyl groups excluding tert-OH is 1. The van der Waals surface area contributed by atoms with E-state index < -0.39 is 0 Å². The van der Waals surface area contributed by atoms with Crippen molar-refractivity contribution in [2.75, 3.05) is 6.61 Å². The quantitative estimate of drug-likeness (QED) is 0.832. The summed E-state index contributed by atoms with van der Waals surface area (Å²) in [7, 11) is 0. The van der Waals surface area contributed by atoms with Gasteiger partial charge in [-0.3, -0.25) is 0 Å². The van der Waals surface area contributed by atoms with Crippen molar-refractivity contribution < 1.29 is 14.6 Å². The average molecular weight is 218 g/mol. The minimum Gasteiger partial charge on any atom is -0.504 e. The van der Waals surface area contributed by atoms with Gasteiger partial charge in [-0.25, -0.2) is 0 Å². The molecule has 0 bridgehead atoms. The Morgan fingerprint density at radius 1 is 1.38 bits per heavy atom. The maximum absolute atomic E-state index is 9.67. The Labute approximate surface area is 93.6 Å². The lowest BCUT2D eigenvalue weighted by Crippen LogP contribution is -1.90. The van der Waals surface area contributed by atoms with Gasteiger partial charge < -0.3 is 14.6 Å². The number of furan rings is 1. The van der Waals surface area contributed by atoms with Crippen molar-refractivity contribution in [2.24, 2.45) is 0 Å². The van der Waals surface area contributed by atoms with Crippen LogP contribution in [0.15, 0.2) is 28.7 Å². The van der Waals surface area contributed by atoms with Gasteiger partial charge in [0.2, 0.25) is 0 Å². The second kappa shape index (κ2) is 4.41. The highest BCUT2D eigenvalue weighted by atomic mass is 16.4. The van der Waals surface area contributed by atoms with E-state index in [1.807, 2.05) is 25.1 Å². The van der Waals surface area contributed by atoms with Crippen LogP contribution in [0.2, 0.25) is 0 Å². The fourth-order valence-corrected chi connectivity index (χ4v) is 1.83. The van der Waals surface area contributed by atoms with Gasteiger partial charge in [0.1, 0.15) is 5.76 Å². The molecule has 0 amide bonds. The third kappa shape index (κ3) is 1.70. The first-order valence-corrected chi connectivity index (χ1v) is 5.25. The van der Waals surface area contributed by atoms with Gasteiger partial charge >= 0.3 is 0 Å². The molecule has 0 saturated heterocycles. The highest BCUT2D eigenvalue weighted by molar-refractivity contribution is 5.88. The highest BCUT2D eigenvalue weighted by Gasteiger charge is 2.13. The van der Waals surface area contributed by atoms with E-state index in [0.29, 0.717) is 17.8 Å². The van der Waals surface area contributed by atoms with Crippen molar-refractivity contribution in [1.82, 2.24) is 0 Å². The summed E-state index contributed by atoms with van der Waals surface area (Å²) < 4.78 is 5.58. The first kappa shape index (κ1) is 10.8. The Morgan fingerprint density at radius 3 is 2.88 bits per heavy atom. The number of phenols is 1. The molecular formula is C13H14O3. The molecule has 3 heteroatoms. The zero-order valence-electron chi connectivity index (χ0n) is 9.10. The molecule has 2 rings (SSSR count). The molecule has 2 N–H and O–H groups in total. The molecule has 3 nitrogen and oxygen atoms in total. The zero-order valence-corrected chi connectivity index (χ0v) is 9.10. The third-order valence-electron chi connectivity index (χ3n) is 2.51. The number of aromatic hydroxyl groups is 1. The van der Waals surface area contributed by atoms with Crippen molar-refractivity contribution >= 4 is 17.0 Å². The molecule has 0 aliphatic carbocycles. The smallest absolute Gasteiger partial charge is 0.176 e. The van der Waals surface area contributed by atoms with Gasteiger partial charge in [-0.2, -0.15) is 0 Å². The molecule has 1 aromatic heterocycles. The van der Waals surface area contributed by atoms with Crippen LogP contribution in [0.3, 0.4) is 0 Å². The molecule has 0 fully saturated rings. The van der Waals surface area contributed by atoms with E-state index in [2.05, 4.69) is 0 Å². The summed E-state index contributed by atoms with van der Waals surface area (Å²) in [5.41, 5.74) is 1.42. The number of fused-ring (bicyclic) bond motifs is 1. The maximum atomic E-state index is 9.67. The lowest BCUT2D eigenvalue weighted by molar-refractivity contribution is 0.299. The van der Waals surface area contributed by atoms with E-state index in [9.17, 15) is 5.11 Å². The van der Waals surface area contributed by atoms with Gasteiger partial charge in [-0.05, 0) is 25.5 Å². The number of para-hydroxylation sites is 1. The van der Waals surface area contributed by atoms with E-state index in [-0.39, 0.29) is 12.4 Å². The number of rotatable bonds is 3. The zero-order chi connectivity index (χ0) is 11.5. The topological polar surface area (TPSA) is 53.6 Å². The van der Waals surface area contributed by atoms with Crippen LogP contribution in [-0.2, 0) is 6.42 Å². The van der Waals surface area contributed by atoms with Crippen LogP contribution >= 0.6 is 0 Å². The Balaban J connectivity index is 2.70. The average Bonchev–Trinajstić information content (AvgIpc) is 2.61. The summed E-state index contributed by atoms with van der Waals surface area (Å²) in [4.78, 5) is 0. The van der Waals surface area contributed by atoms with Crippen LogP contribution in [0, 0.1) is 0 Å². The molecule has 0 aliphatic heterocycles. The fraction of sp³-hybridized carbons (Fsp3) is 0.231. The molecule has 0 spiro atoms. The van der Waals surface area contributed by atoms with Crippen LogP contribution < -0.4 is 0 Å². The Morgan fingerprint density at radius 2 is 2.19 bits per heavy atom. The van der Waals surface area contributed by atoms with Crippen molar-refractivity contribution in [3.05, 3.63) is 35.6 Å². The number of hydrogen-bond donors (Lipinski definition) is 2. The predicted molar refractivity (Wildman–Crippen MR) is 63.4 cm³/mol. The van der Waals surface area contributed by atoms with Crippen LogP contribution in [-0.4, -0.2) is 16.8 Å². The molecule has 1 aromatic carbocycles. The van der Waals surface area contributed by atoms with Crippen LogP contribution in [0.4, 0.5) is 0 Å². The summed E-state index contributed by atoms with van der Waals surface area (Å²) in [6, 6.07) is 5.25. The summed E-state index contributed by atoms with van der Waals surface area (Å²) in [6.07, 6.45) is 4.23. The second-order valence-electron chi connectivity index (χ2n) is 3.57. The van der Waals surface area contributed by atoms with Crippen LogP contribution in [0.1, 0.15) is 18.2 Å². The van der Waals surface area contributed by atoms with Gasteiger partial charge in [0.15, 0.2) is 11.3 Å². The van der Waals surface area contributed by atoms with Crippen molar-refractivity contribution in [3.63, 3.8) is 0 Å². The first-order valence-electron chi connectivity index (χ1n) is 5.25. The molecular weight excluding hydrogens is 204 g/mol. The standard InChI is InChI=1S/C13H14O3/c1-2-4-12-9(7-8-14)10-5-3-6-11(15)13(10)16-12/h2-6,14-15H,7-8H2,1H3. The Hall–Kier alpha value is -1.74. The van der Waals surface area contributed by atoms with E-state index >= 15 is 0 Å². The molecule has 0 radical (unpaired) electrons. The lowest BCUT2D eigenvalue weighted by atomic mass is 10.1. The van der Waals surface area contributed by atoms with Gasteiger partial charge in [0, 0.05) is 17.6 Å². The number of aliphatic hydroxyl groups is 1. The van der Waals surface area contributed by atoms with Crippen LogP contribution in [0.5, 0.6) is 5.75 Å². The summed E-state index contributed by atoms with van der Waals surface area (Å²) in [5, 5.41) is 19.6. The number of phenolic OH excluding ortho intramolecular Hbond substituents is 1. The second-order valence-corrected chi connectivity index (χ2v) is 3.57. The van der Waals surface area contributed by atoms with Gasteiger partial charge in [0.05, 0.1) is 0 Å². The summed E-state index contributed by atoms with van der Waals surface area (Å²) in [5.74, 6) is 0.834. The molecule has 0 aliphatic rings. The summed E-state index contributed by atoms with van der Waals surface area (Å²) in [6.45, 7) is 1.96. The molecule has 0 atom stereocenters. The van der Waals surface area contributed by atoms with Crippen LogP contribution in [0.25, 0.3) is 17.0 Å². The number of hydrogen-bond acceptors (Lipinski definition) is 3. The molecule has 1 heterocycles. The van der Waals surface area contributed by atoms with Gasteiger partial charge in [-0.15, -0.1) is 0 Å². The Bertz CT molecular complexity index is 523. The Kier molecular flexibility index (Phi) is 2.97. The van der Waals surface area contributed by atoms with E-state index in [1.54, 1.807) is 12.1 Å². The highest BCUT2D eigenvalue weighted by Crippen LogP contribution is 2.32. The minimum absolute atomic E-state index is 0.0643. The van der Waals surface area contributed by atoms with E-state index in [4.69, 9.17) is 9.52 Å². The van der Waals surface area contributed by atoms with E-state index in [0.717, 1.165) is 10.9 Å². The SMILES string of the molecule is CC=Cc1oc2c(O)cccc2c1CCO. The molecule has 2 aromatic rings. The molecule has 0 unspecified atom stereocenters. The number of benzene rings is 1. The molecule has 0 saturated carbocycles. The third-order valence-corrected chi connectivity index (χ3v) is 2.51. The van der Waals surface area contributed by atoms with E-state index in [1.165, 1.54) is 0 Å². The lowest BCUT2D eigenvalue weighted by Gasteiger charge is -1.96. The summed E-state index contributed by atoms with van der Waals surface area (Å²) >= 11 is 0. The minimum atomic E-state index is 0.0643. The van der Waals surface area contributed by atoms with Crippen molar-refractivity contribution in [3.8, 4) is 5.75 Å². The van der Waals surface area contributed by atoms with Crippen molar-refractivity contribution in [1.29, 1.82) is 0 Å². The normalized spacial score (nSPS) is 11.6. The monoisotopic (exact) mass is 218 g/mol.